The van der Waals surface area contributed by atoms with E-state index in [1.807, 2.05) is 28.8 Å². The minimum atomic E-state index is -0.103. The Morgan fingerprint density at radius 3 is 3.22 bits per heavy atom. The SMILES string of the molecule is CSCCC(NC(=O)C1CCCNC1)c1nnc2ccccn12. The maximum Gasteiger partial charge on any atom is 0.224 e. The van der Waals surface area contributed by atoms with Gasteiger partial charge in [0.15, 0.2) is 11.5 Å². The Labute approximate surface area is 140 Å². The molecule has 1 amide bonds. The van der Waals surface area contributed by atoms with Crippen LogP contribution in [0.3, 0.4) is 0 Å². The summed E-state index contributed by atoms with van der Waals surface area (Å²) in [4.78, 5) is 12.6. The minimum Gasteiger partial charge on any atom is -0.346 e. The van der Waals surface area contributed by atoms with E-state index in [0.717, 1.165) is 49.6 Å². The van der Waals surface area contributed by atoms with Crippen LogP contribution in [0.4, 0.5) is 0 Å². The third kappa shape index (κ3) is 3.84. The van der Waals surface area contributed by atoms with Crippen LogP contribution in [-0.2, 0) is 4.79 Å². The Bertz CT molecular complexity index is 653. The van der Waals surface area contributed by atoms with Crippen LogP contribution in [0.1, 0.15) is 31.1 Å². The molecule has 3 rings (SSSR count). The molecule has 0 spiro atoms. The standard InChI is InChI=1S/C16H23N5OS/c1-23-10-7-13(18-16(22)12-5-4-8-17-11-12)15-20-19-14-6-2-3-9-21(14)15/h2-3,6,9,12-13,17H,4-5,7-8,10-11H2,1H3,(H,18,22). The first-order valence-electron chi connectivity index (χ1n) is 8.09. The molecule has 0 aromatic carbocycles. The van der Waals surface area contributed by atoms with E-state index >= 15 is 0 Å². The third-order valence-electron chi connectivity index (χ3n) is 4.25. The van der Waals surface area contributed by atoms with Crippen molar-refractivity contribution in [1.82, 2.24) is 25.2 Å². The van der Waals surface area contributed by atoms with Crippen molar-refractivity contribution in [2.24, 2.45) is 5.92 Å². The third-order valence-corrected chi connectivity index (χ3v) is 4.89. The fraction of sp³-hybridized carbons (Fsp3) is 0.562. The van der Waals surface area contributed by atoms with Gasteiger partial charge in [0.1, 0.15) is 0 Å². The van der Waals surface area contributed by atoms with Crippen LogP contribution in [0.15, 0.2) is 24.4 Å². The number of carbonyl (C=O) groups excluding carboxylic acids is 1. The fourth-order valence-corrected chi connectivity index (χ4v) is 3.44. The van der Waals surface area contributed by atoms with E-state index in [-0.39, 0.29) is 17.9 Å². The quantitative estimate of drug-likeness (QED) is 0.841. The summed E-state index contributed by atoms with van der Waals surface area (Å²) in [6.45, 7) is 1.77. The Morgan fingerprint density at radius 1 is 1.52 bits per heavy atom. The van der Waals surface area contributed by atoms with Gasteiger partial charge in [-0.1, -0.05) is 6.07 Å². The monoisotopic (exact) mass is 333 g/mol. The molecule has 1 fully saturated rings. The molecule has 0 radical (unpaired) electrons. The number of piperidine rings is 1. The summed E-state index contributed by atoms with van der Waals surface area (Å²) in [6, 6.07) is 5.72. The van der Waals surface area contributed by atoms with Crippen molar-refractivity contribution in [2.75, 3.05) is 25.1 Å². The second-order valence-corrected chi connectivity index (χ2v) is 6.86. The van der Waals surface area contributed by atoms with Crippen molar-refractivity contribution in [2.45, 2.75) is 25.3 Å². The topological polar surface area (TPSA) is 71.3 Å². The Hall–Kier alpha value is -1.60. The second-order valence-electron chi connectivity index (χ2n) is 5.87. The van der Waals surface area contributed by atoms with Gasteiger partial charge >= 0.3 is 0 Å². The van der Waals surface area contributed by atoms with Gasteiger partial charge in [-0.25, -0.2) is 0 Å². The molecule has 2 aromatic rings. The molecule has 1 aliphatic rings. The van der Waals surface area contributed by atoms with Crippen LogP contribution in [-0.4, -0.2) is 45.6 Å². The van der Waals surface area contributed by atoms with Gasteiger partial charge in [0.25, 0.3) is 0 Å². The first-order chi connectivity index (χ1) is 11.3. The lowest BCUT2D eigenvalue weighted by Crippen LogP contribution is -2.42. The number of fused-ring (bicyclic) bond motifs is 1. The smallest absolute Gasteiger partial charge is 0.224 e. The lowest BCUT2D eigenvalue weighted by atomic mass is 9.98. The average molecular weight is 333 g/mol. The zero-order chi connectivity index (χ0) is 16.1. The van der Waals surface area contributed by atoms with Gasteiger partial charge in [-0.15, -0.1) is 10.2 Å². The molecule has 2 atom stereocenters. The predicted molar refractivity (Wildman–Crippen MR) is 92.5 cm³/mol. The van der Waals surface area contributed by atoms with E-state index in [1.54, 1.807) is 11.8 Å². The molecule has 0 bridgehead atoms. The van der Waals surface area contributed by atoms with Gasteiger partial charge < -0.3 is 10.6 Å². The van der Waals surface area contributed by atoms with Crippen molar-refractivity contribution < 1.29 is 4.79 Å². The molecule has 7 heteroatoms. The molecule has 3 heterocycles. The number of hydrogen-bond acceptors (Lipinski definition) is 5. The van der Waals surface area contributed by atoms with Gasteiger partial charge in [0.05, 0.1) is 12.0 Å². The number of hydrogen-bond donors (Lipinski definition) is 2. The number of pyridine rings is 1. The summed E-state index contributed by atoms with van der Waals surface area (Å²) >= 11 is 1.77. The molecule has 2 aromatic heterocycles. The predicted octanol–water partition coefficient (Wildman–Crippen LogP) is 1.64. The lowest BCUT2D eigenvalue weighted by Gasteiger charge is -2.25. The Kier molecular flexibility index (Phi) is 5.51. The van der Waals surface area contributed by atoms with Gasteiger partial charge in [-0.2, -0.15) is 11.8 Å². The zero-order valence-corrected chi connectivity index (χ0v) is 14.2. The molecule has 2 N–H and O–H groups in total. The van der Waals surface area contributed by atoms with Crippen molar-refractivity contribution in [3.63, 3.8) is 0 Å². The van der Waals surface area contributed by atoms with E-state index in [9.17, 15) is 4.79 Å². The van der Waals surface area contributed by atoms with Gasteiger partial charge in [0.2, 0.25) is 5.91 Å². The van der Waals surface area contributed by atoms with E-state index in [0.29, 0.717) is 0 Å². The summed E-state index contributed by atoms with van der Waals surface area (Å²) in [5.41, 5.74) is 0.810. The van der Waals surface area contributed by atoms with Crippen LogP contribution in [0.5, 0.6) is 0 Å². The van der Waals surface area contributed by atoms with Crippen molar-refractivity contribution in [3.8, 4) is 0 Å². The maximum atomic E-state index is 12.6. The number of aromatic nitrogens is 3. The molecule has 0 aliphatic carbocycles. The number of nitrogens with zero attached hydrogens (tertiary/aromatic N) is 3. The van der Waals surface area contributed by atoms with E-state index in [2.05, 4.69) is 27.1 Å². The van der Waals surface area contributed by atoms with Crippen LogP contribution in [0.2, 0.25) is 0 Å². The van der Waals surface area contributed by atoms with Gasteiger partial charge in [0, 0.05) is 12.7 Å². The highest BCUT2D eigenvalue weighted by Gasteiger charge is 2.26. The molecule has 124 valence electrons. The fourth-order valence-electron chi connectivity index (χ4n) is 2.96. The number of amides is 1. The average Bonchev–Trinajstić information content (AvgIpc) is 3.03. The van der Waals surface area contributed by atoms with E-state index in [4.69, 9.17) is 0 Å². The van der Waals surface area contributed by atoms with E-state index in [1.165, 1.54) is 0 Å². The first-order valence-corrected chi connectivity index (χ1v) is 9.48. The number of carbonyl (C=O) groups is 1. The summed E-state index contributed by atoms with van der Waals surface area (Å²) in [6.07, 6.45) is 6.88. The summed E-state index contributed by atoms with van der Waals surface area (Å²) in [5.74, 6) is 1.96. The highest BCUT2D eigenvalue weighted by atomic mass is 32.2. The van der Waals surface area contributed by atoms with Crippen molar-refractivity contribution in [3.05, 3.63) is 30.2 Å². The van der Waals surface area contributed by atoms with E-state index < -0.39 is 0 Å². The highest BCUT2D eigenvalue weighted by Crippen LogP contribution is 2.20. The Balaban J connectivity index is 1.78. The Morgan fingerprint density at radius 2 is 2.43 bits per heavy atom. The van der Waals surface area contributed by atoms with Crippen LogP contribution < -0.4 is 10.6 Å². The first kappa shape index (κ1) is 16.3. The molecule has 1 saturated heterocycles. The van der Waals surface area contributed by atoms with Gasteiger partial charge in [-0.3, -0.25) is 9.20 Å². The zero-order valence-electron chi connectivity index (χ0n) is 13.4. The normalized spacial score (nSPS) is 19.6. The van der Waals surface area contributed by atoms with Crippen LogP contribution in [0.25, 0.3) is 5.65 Å². The van der Waals surface area contributed by atoms with Crippen LogP contribution >= 0.6 is 11.8 Å². The number of thioether (sulfide) groups is 1. The second kappa shape index (κ2) is 7.79. The lowest BCUT2D eigenvalue weighted by molar-refractivity contribution is -0.126. The molecule has 0 saturated carbocycles. The summed E-state index contributed by atoms with van der Waals surface area (Å²) in [5, 5.41) is 15.0. The van der Waals surface area contributed by atoms with Gasteiger partial charge in [-0.05, 0) is 49.9 Å². The molecule has 6 nitrogen and oxygen atoms in total. The molecule has 1 aliphatic heterocycles. The highest BCUT2D eigenvalue weighted by molar-refractivity contribution is 7.98. The summed E-state index contributed by atoms with van der Waals surface area (Å²) < 4.78 is 1.96. The van der Waals surface area contributed by atoms with Crippen molar-refractivity contribution in [1.29, 1.82) is 0 Å². The largest absolute Gasteiger partial charge is 0.346 e. The summed E-state index contributed by atoms with van der Waals surface area (Å²) in [7, 11) is 0. The minimum absolute atomic E-state index is 0.0553. The maximum absolute atomic E-state index is 12.6. The molecule has 23 heavy (non-hydrogen) atoms. The molecular formula is C16H23N5OS. The van der Waals surface area contributed by atoms with Crippen molar-refractivity contribution >= 4 is 23.3 Å². The number of rotatable bonds is 6. The van der Waals surface area contributed by atoms with Crippen LogP contribution in [0, 0.1) is 5.92 Å². The number of nitrogens with one attached hydrogen (secondary N) is 2. The molecule has 2 unspecified atom stereocenters. The molecular weight excluding hydrogens is 310 g/mol.